The number of nitrogens with one attached hydrogen (secondary N) is 1. The Kier molecular flexibility index (Phi) is 5.78. The van der Waals surface area contributed by atoms with Gasteiger partial charge in [0.25, 0.3) is 0 Å². The summed E-state index contributed by atoms with van der Waals surface area (Å²) >= 11 is 0. The zero-order valence-electron chi connectivity index (χ0n) is 13.0. The number of hydrogen-bond acceptors (Lipinski definition) is 2. The topological polar surface area (TPSA) is 38.3 Å². The summed E-state index contributed by atoms with van der Waals surface area (Å²) in [5.74, 6) is 0.642. The van der Waals surface area contributed by atoms with Gasteiger partial charge in [-0.3, -0.25) is 4.79 Å². The van der Waals surface area contributed by atoms with Gasteiger partial charge in [-0.25, -0.2) is 0 Å². The normalized spacial score (nSPS) is 12.1. The lowest BCUT2D eigenvalue weighted by Crippen LogP contribution is -2.26. The molecule has 0 bridgehead atoms. The average molecular weight is 295 g/mol. The quantitative estimate of drug-likeness (QED) is 0.819. The third kappa shape index (κ3) is 4.22. The molecule has 0 saturated carbocycles. The fourth-order valence-corrected chi connectivity index (χ4v) is 2.30. The van der Waals surface area contributed by atoms with Gasteiger partial charge in [0.15, 0.2) is 0 Å². The molecule has 0 aliphatic rings. The highest BCUT2D eigenvalue weighted by Gasteiger charge is 2.10. The minimum absolute atomic E-state index is 0.0241. The van der Waals surface area contributed by atoms with Crippen LogP contribution in [0.3, 0.4) is 0 Å². The van der Waals surface area contributed by atoms with Crippen LogP contribution in [0, 0.1) is 0 Å². The van der Waals surface area contributed by atoms with Crippen LogP contribution in [0.2, 0.25) is 0 Å². The summed E-state index contributed by atoms with van der Waals surface area (Å²) in [6, 6.07) is 17.6. The van der Waals surface area contributed by atoms with Gasteiger partial charge in [-0.2, -0.15) is 0 Å². The van der Waals surface area contributed by atoms with Crippen LogP contribution in [-0.4, -0.2) is 13.0 Å². The van der Waals surface area contributed by atoms with Crippen LogP contribution in [0.4, 0.5) is 0 Å². The lowest BCUT2D eigenvalue weighted by atomic mass is 10.0. The number of amides is 1. The maximum Gasteiger partial charge on any atom is 0.244 e. The molecule has 0 heterocycles. The van der Waals surface area contributed by atoms with Crippen LogP contribution in [0.5, 0.6) is 5.75 Å². The Morgan fingerprint density at radius 1 is 1.14 bits per heavy atom. The van der Waals surface area contributed by atoms with Crippen molar-refractivity contribution in [1.29, 1.82) is 0 Å². The number of methoxy groups -OCH3 is 1. The first kappa shape index (κ1) is 15.8. The third-order valence-electron chi connectivity index (χ3n) is 3.48. The van der Waals surface area contributed by atoms with E-state index in [1.165, 1.54) is 0 Å². The lowest BCUT2D eigenvalue weighted by Gasteiger charge is -2.16. The smallest absolute Gasteiger partial charge is 0.244 e. The summed E-state index contributed by atoms with van der Waals surface area (Å²) in [6.07, 6.45) is 4.16. The molecule has 0 aliphatic heterocycles. The summed E-state index contributed by atoms with van der Waals surface area (Å²) in [5.41, 5.74) is 2.00. The number of rotatable bonds is 6. The standard InChI is InChI=1S/C19H21NO2/c1-3-17(15-9-5-4-6-10-15)20-19(21)14-13-16-11-7-8-12-18(16)22-2/h4-14,17H,3H2,1-2H3,(H,20,21)/b14-13+/t17-/m1/s1. The molecule has 22 heavy (non-hydrogen) atoms. The zero-order chi connectivity index (χ0) is 15.8. The molecule has 114 valence electrons. The van der Waals surface area contributed by atoms with Crippen molar-refractivity contribution in [3.63, 3.8) is 0 Å². The first-order valence-electron chi connectivity index (χ1n) is 7.41. The van der Waals surface area contributed by atoms with Gasteiger partial charge in [-0.05, 0) is 24.1 Å². The van der Waals surface area contributed by atoms with E-state index in [2.05, 4.69) is 12.2 Å². The van der Waals surface area contributed by atoms with Gasteiger partial charge in [-0.15, -0.1) is 0 Å². The molecular formula is C19H21NO2. The minimum Gasteiger partial charge on any atom is -0.496 e. The second-order valence-electron chi connectivity index (χ2n) is 4.96. The summed E-state index contributed by atoms with van der Waals surface area (Å²) in [4.78, 5) is 12.1. The van der Waals surface area contributed by atoms with E-state index in [4.69, 9.17) is 4.74 Å². The molecule has 1 amide bonds. The molecule has 0 spiro atoms. The zero-order valence-corrected chi connectivity index (χ0v) is 13.0. The molecule has 2 aromatic rings. The molecular weight excluding hydrogens is 274 g/mol. The Morgan fingerprint density at radius 3 is 2.50 bits per heavy atom. The second kappa shape index (κ2) is 8.03. The van der Waals surface area contributed by atoms with E-state index in [9.17, 15) is 4.79 Å². The Morgan fingerprint density at radius 2 is 1.82 bits per heavy atom. The van der Waals surface area contributed by atoms with Crippen molar-refractivity contribution >= 4 is 12.0 Å². The fourth-order valence-electron chi connectivity index (χ4n) is 2.30. The van der Waals surface area contributed by atoms with E-state index in [1.807, 2.05) is 54.6 Å². The van der Waals surface area contributed by atoms with Crippen LogP contribution >= 0.6 is 0 Å². The first-order chi connectivity index (χ1) is 10.7. The molecule has 0 fully saturated rings. The SMILES string of the molecule is CC[C@@H](NC(=O)/C=C/c1ccccc1OC)c1ccccc1. The van der Waals surface area contributed by atoms with Gasteiger partial charge in [0.05, 0.1) is 13.2 Å². The van der Waals surface area contributed by atoms with Crippen LogP contribution < -0.4 is 10.1 Å². The van der Waals surface area contributed by atoms with Crippen molar-refractivity contribution in [1.82, 2.24) is 5.32 Å². The van der Waals surface area contributed by atoms with Gasteiger partial charge in [-0.1, -0.05) is 55.5 Å². The van der Waals surface area contributed by atoms with Crippen LogP contribution in [0.15, 0.2) is 60.7 Å². The monoisotopic (exact) mass is 295 g/mol. The van der Waals surface area contributed by atoms with Gasteiger partial charge < -0.3 is 10.1 Å². The maximum atomic E-state index is 12.1. The van der Waals surface area contributed by atoms with E-state index >= 15 is 0 Å². The van der Waals surface area contributed by atoms with Gasteiger partial charge in [0, 0.05) is 11.6 Å². The molecule has 0 aliphatic carbocycles. The second-order valence-corrected chi connectivity index (χ2v) is 4.96. The lowest BCUT2D eigenvalue weighted by molar-refractivity contribution is -0.117. The Hall–Kier alpha value is -2.55. The summed E-state index contributed by atoms with van der Waals surface area (Å²) in [6.45, 7) is 2.06. The minimum atomic E-state index is -0.110. The average Bonchev–Trinajstić information content (AvgIpc) is 2.58. The molecule has 0 aromatic heterocycles. The number of hydrogen-bond donors (Lipinski definition) is 1. The third-order valence-corrected chi connectivity index (χ3v) is 3.48. The Bertz CT molecular complexity index is 635. The van der Waals surface area contributed by atoms with Crippen molar-refractivity contribution in [2.75, 3.05) is 7.11 Å². The maximum absolute atomic E-state index is 12.1. The van der Waals surface area contributed by atoms with Crippen LogP contribution in [0.25, 0.3) is 6.08 Å². The molecule has 0 unspecified atom stereocenters. The first-order valence-corrected chi connectivity index (χ1v) is 7.41. The summed E-state index contributed by atoms with van der Waals surface area (Å²) < 4.78 is 5.27. The molecule has 1 atom stereocenters. The highest BCUT2D eigenvalue weighted by atomic mass is 16.5. The highest BCUT2D eigenvalue weighted by Crippen LogP contribution is 2.19. The van der Waals surface area contributed by atoms with Crippen molar-refractivity contribution < 1.29 is 9.53 Å². The van der Waals surface area contributed by atoms with Gasteiger partial charge in [0.2, 0.25) is 5.91 Å². The summed E-state index contributed by atoms with van der Waals surface area (Å²) in [5, 5.41) is 3.02. The predicted molar refractivity (Wildman–Crippen MR) is 89.6 cm³/mol. The van der Waals surface area contributed by atoms with E-state index in [-0.39, 0.29) is 11.9 Å². The number of benzene rings is 2. The molecule has 2 aromatic carbocycles. The van der Waals surface area contributed by atoms with Gasteiger partial charge in [0.1, 0.15) is 5.75 Å². The predicted octanol–water partition coefficient (Wildman–Crippen LogP) is 3.98. The number of carbonyl (C=O) groups is 1. The largest absolute Gasteiger partial charge is 0.496 e. The molecule has 3 nitrogen and oxygen atoms in total. The van der Waals surface area contributed by atoms with E-state index in [0.29, 0.717) is 0 Å². The van der Waals surface area contributed by atoms with Crippen molar-refractivity contribution in [2.45, 2.75) is 19.4 Å². The molecule has 1 N–H and O–H groups in total. The van der Waals surface area contributed by atoms with Crippen molar-refractivity contribution in [2.24, 2.45) is 0 Å². The van der Waals surface area contributed by atoms with Crippen LogP contribution in [0.1, 0.15) is 30.5 Å². The van der Waals surface area contributed by atoms with E-state index in [1.54, 1.807) is 19.3 Å². The Labute approximate surface area is 131 Å². The molecule has 2 rings (SSSR count). The number of ether oxygens (including phenoxy) is 1. The van der Waals surface area contributed by atoms with Gasteiger partial charge >= 0.3 is 0 Å². The van der Waals surface area contributed by atoms with E-state index in [0.717, 1.165) is 23.3 Å². The fraction of sp³-hybridized carbons (Fsp3) is 0.211. The Balaban J connectivity index is 2.04. The molecule has 0 saturated heterocycles. The highest BCUT2D eigenvalue weighted by molar-refractivity contribution is 5.92. The van der Waals surface area contributed by atoms with Crippen molar-refractivity contribution in [3.8, 4) is 5.75 Å². The molecule has 3 heteroatoms. The van der Waals surface area contributed by atoms with Crippen LogP contribution in [-0.2, 0) is 4.79 Å². The van der Waals surface area contributed by atoms with E-state index < -0.39 is 0 Å². The summed E-state index contributed by atoms with van der Waals surface area (Å²) in [7, 11) is 1.62. The number of para-hydroxylation sites is 1. The number of carbonyl (C=O) groups excluding carboxylic acids is 1. The molecule has 0 radical (unpaired) electrons. The van der Waals surface area contributed by atoms with Crippen molar-refractivity contribution in [3.05, 3.63) is 71.8 Å².